The summed E-state index contributed by atoms with van der Waals surface area (Å²) in [7, 11) is -0.0778. The molecule has 1 atom stereocenters. The number of hydrogen-bond donors (Lipinski definition) is 1. The second kappa shape index (κ2) is 7.09. The topological polar surface area (TPSA) is 35.8 Å². The molecule has 0 aliphatic rings. The molecule has 0 saturated heterocycles. The number of nitrogens with one attached hydrogen (secondary N) is 1. The van der Waals surface area contributed by atoms with E-state index in [1.54, 1.807) is 0 Å². The zero-order valence-electron chi connectivity index (χ0n) is 13.7. The van der Waals surface area contributed by atoms with Crippen LogP contribution in [0.2, 0.25) is 0 Å². The van der Waals surface area contributed by atoms with Gasteiger partial charge in [-0.1, -0.05) is 32.7 Å². The first-order valence-electron chi connectivity index (χ1n) is 7.08. The average molecular weight is 369 g/mol. The van der Waals surface area contributed by atoms with Crippen molar-refractivity contribution in [2.24, 2.45) is 5.41 Å². The monoisotopic (exact) mass is 368 g/mol. The fraction of sp³-hybridized carbons (Fsp3) is 0.529. The van der Waals surface area contributed by atoms with Gasteiger partial charge in [-0.3, -0.25) is 4.72 Å². The van der Waals surface area contributed by atoms with E-state index in [2.05, 4.69) is 78.0 Å². The number of hydrogen-bond acceptors (Lipinski definition) is 2. The zero-order chi connectivity index (χ0) is 16.3. The Balaban J connectivity index is 3.05. The lowest BCUT2D eigenvalue weighted by atomic mass is 9.87. The summed E-state index contributed by atoms with van der Waals surface area (Å²) in [6.07, 6.45) is 0.751. The third-order valence-corrected chi connectivity index (χ3v) is 5.67. The largest absolute Gasteiger partial charge is 0.261 e. The Labute approximate surface area is 140 Å². The summed E-state index contributed by atoms with van der Waals surface area (Å²) in [5.41, 5.74) is 0.913. The molecule has 0 bridgehead atoms. The van der Waals surface area contributed by atoms with E-state index >= 15 is 0 Å². The molecule has 0 aliphatic carbocycles. The third kappa shape index (κ3) is 5.94. The van der Waals surface area contributed by atoms with Gasteiger partial charge in [0.25, 0.3) is 0 Å². The molecule has 1 aromatic carbocycles. The minimum Gasteiger partial charge on any atom is -0.261 e. The third-order valence-electron chi connectivity index (χ3n) is 2.87. The van der Waals surface area contributed by atoms with Crippen molar-refractivity contribution >= 4 is 32.0 Å². The maximum absolute atomic E-state index is 9.18. The average Bonchev–Trinajstić information content (AvgIpc) is 2.37. The lowest BCUT2D eigenvalue weighted by molar-refractivity contribution is 0.492. The molecule has 0 radical (unpaired) electrons. The van der Waals surface area contributed by atoms with E-state index in [9.17, 15) is 5.26 Å². The van der Waals surface area contributed by atoms with Crippen molar-refractivity contribution in [3.63, 3.8) is 0 Å². The van der Waals surface area contributed by atoms with Gasteiger partial charge < -0.3 is 0 Å². The molecule has 0 spiro atoms. The molecule has 1 N–H and O–H groups in total. The van der Waals surface area contributed by atoms with Gasteiger partial charge in [-0.15, -0.1) is 0 Å². The Morgan fingerprint density at radius 2 is 1.90 bits per heavy atom. The summed E-state index contributed by atoms with van der Waals surface area (Å²) in [6, 6.07) is 8.82. The van der Waals surface area contributed by atoms with Crippen LogP contribution < -0.4 is 4.72 Å². The first-order valence-corrected chi connectivity index (χ1v) is 9.16. The van der Waals surface area contributed by atoms with E-state index < -0.39 is 0 Å². The van der Waals surface area contributed by atoms with Crippen molar-refractivity contribution in [3.05, 3.63) is 28.2 Å². The normalized spacial score (nSPS) is 14.0. The smallest absolute Gasteiger partial charge is 0.0687 e. The van der Waals surface area contributed by atoms with Gasteiger partial charge in [-0.05, 0) is 71.0 Å². The molecular weight excluding hydrogens is 344 g/mol. The van der Waals surface area contributed by atoms with Gasteiger partial charge in [0.15, 0.2) is 0 Å². The fourth-order valence-corrected chi connectivity index (χ4v) is 4.21. The van der Waals surface area contributed by atoms with Gasteiger partial charge >= 0.3 is 0 Å². The van der Waals surface area contributed by atoms with Crippen LogP contribution >= 0.6 is 26.6 Å². The maximum atomic E-state index is 9.18. The zero-order valence-corrected chi connectivity index (χ0v) is 16.2. The van der Waals surface area contributed by atoms with E-state index in [4.69, 9.17) is 0 Å². The molecule has 0 amide bonds. The molecule has 1 aromatic rings. The molecule has 0 aromatic heterocycles. The Morgan fingerprint density at radius 3 is 2.33 bits per heavy atom. The Hall–Kier alpha value is -0.630. The lowest BCUT2D eigenvalue weighted by Crippen LogP contribution is -2.31. The van der Waals surface area contributed by atoms with Gasteiger partial charge in [0.2, 0.25) is 0 Å². The van der Waals surface area contributed by atoms with Crippen LogP contribution in [-0.4, -0.2) is 10.9 Å². The second-order valence-electron chi connectivity index (χ2n) is 6.85. The molecule has 21 heavy (non-hydrogen) atoms. The van der Waals surface area contributed by atoms with Gasteiger partial charge in [0.05, 0.1) is 11.5 Å². The SMILES string of the molecule is C/C=S(/NC(C)(C)C)c1ccc(CC(C)(C)C#N)c(Br)c1. The van der Waals surface area contributed by atoms with Crippen LogP contribution in [0.3, 0.4) is 0 Å². The van der Waals surface area contributed by atoms with Gasteiger partial charge in [-0.2, -0.15) is 5.26 Å². The van der Waals surface area contributed by atoms with Crippen LogP contribution in [0.5, 0.6) is 0 Å². The minimum absolute atomic E-state index is 0.0730. The van der Waals surface area contributed by atoms with Crippen LogP contribution in [0.15, 0.2) is 27.6 Å². The van der Waals surface area contributed by atoms with Crippen LogP contribution in [0.25, 0.3) is 0 Å². The number of nitriles is 1. The highest BCUT2D eigenvalue weighted by Crippen LogP contribution is 2.32. The molecule has 0 aliphatic heterocycles. The first-order chi connectivity index (χ1) is 9.58. The van der Waals surface area contributed by atoms with E-state index in [-0.39, 0.29) is 21.6 Å². The van der Waals surface area contributed by atoms with E-state index in [1.165, 1.54) is 10.5 Å². The highest BCUT2D eigenvalue weighted by atomic mass is 79.9. The van der Waals surface area contributed by atoms with E-state index in [0.717, 1.165) is 10.9 Å². The Bertz CT molecular complexity index is 577. The Morgan fingerprint density at radius 1 is 1.29 bits per heavy atom. The number of nitrogens with zero attached hydrogens (tertiary/aromatic N) is 1. The summed E-state index contributed by atoms with van der Waals surface area (Å²) in [4.78, 5) is 1.26. The molecule has 1 rings (SSSR count). The lowest BCUT2D eigenvalue weighted by Gasteiger charge is -2.24. The molecule has 116 valence electrons. The van der Waals surface area contributed by atoms with Crippen molar-refractivity contribution < 1.29 is 0 Å². The maximum Gasteiger partial charge on any atom is 0.0687 e. The molecule has 0 heterocycles. The molecule has 0 fully saturated rings. The van der Waals surface area contributed by atoms with Crippen molar-refractivity contribution in [2.75, 3.05) is 0 Å². The van der Waals surface area contributed by atoms with Gasteiger partial charge in [-0.25, -0.2) is 0 Å². The molecule has 2 nitrogen and oxygen atoms in total. The minimum atomic E-state index is -0.341. The number of halogens is 1. The van der Waals surface area contributed by atoms with Gasteiger partial charge in [0.1, 0.15) is 0 Å². The quantitative estimate of drug-likeness (QED) is 0.732. The van der Waals surface area contributed by atoms with Crippen LogP contribution in [0, 0.1) is 16.7 Å². The summed E-state index contributed by atoms with van der Waals surface area (Å²) in [6.45, 7) is 12.6. The Kier molecular flexibility index (Phi) is 6.22. The highest BCUT2D eigenvalue weighted by Gasteiger charge is 2.19. The summed E-state index contributed by atoms with van der Waals surface area (Å²) < 4.78 is 4.71. The fourth-order valence-electron chi connectivity index (χ4n) is 1.91. The highest BCUT2D eigenvalue weighted by molar-refractivity contribution is 9.10. The standard InChI is InChI=1S/C17H25BrN2S/c1-7-21(20-16(2,3)4)14-9-8-13(15(18)10-14)11-17(5,6)12-19/h7-10,20H,11H2,1-6H3. The first kappa shape index (κ1) is 18.4. The molecule has 4 heteroatoms. The predicted octanol–water partition coefficient (Wildman–Crippen LogP) is 5.29. The molecular formula is C17H25BrN2S. The second-order valence-corrected chi connectivity index (χ2v) is 9.53. The summed E-state index contributed by atoms with van der Waals surface area (Å²) in [5.74, 6) is 0. The van der Waals surface area contributed by atoms with Crippen LogP contribution in [0.1, 0.15) is 47.1 Å². The van der Waals surface area contributed by atoms with Crippen molar-refractivity contribution in [1.29, 1.82) is 5.26 Å². The summed E-state index contributed by atoms with van der Waals surface area (Å²) >= 11 is 3.66. The predicted molar refractivity (Wildman–Crippen MR) is 97.7 cm³/mol. The molecule has 0 saturated carbocycles. The van der Waals surface area contributed by atoms with Crippen molar-refractivity contribution in [2.45, 2.75) is 58.4 Å². The summed E-state index contributed by atoms with van der Waals surface area (Å²) in [5, 5.41) is 11.4. The van der Waals surface area contributed by atoms with E-state index in [0.29, 0.717) is 0 Å². The van der Waals surface area contributed by atoms with E-state index in [1.807, 2.05) is 13.8 Å². The van der Waals surface area contributed by atoms with Gasteiger partial charge in [0, 0.05) is 14.9 Å². The van der Waals surface area contributed by atoms with Crippen molar-refractivity contribution in [3.8, 4) is 6.07 Å². The van der Waals surface area contributed by atoms with Crippen molar-refractivity contribution in [1.82, 2.24) is 4.72 Å². The van der Waals surface area contributed by atoms with Crippen LogP contribution in [0.4, 0.5) is 0 Å². The van der Waals surface area contributed by atoms with Crippen LogP contribution in [-0.2, 0) is 6.42 Å². The number of benzene rings is 1. The number of rotatable bonds is 4. The molecule has 1 unspecified atom stereocenters.